The highest BCUT2D eigenvalue weighted by molar-refractivity contribution is 7.91. The molecule has 0 fully saturated rings. The molecule has 0 saturated heterocycles. The summed E-state index contributed by atoms with van der Waals surface area (Å²) in [5, 5.41) is -5.99. The maximum Gasteiger partial charge on any atom is 0.484 e. The fourth-order valence-electron chi connectivity index (χ4n) is 0.972. The first kappa shape index (κ1) is 16.3. The molecule has 1 heterocycles. The Morgan fingerprint density at radius 1 is 1.00 bits per heavy atom. The monoisotopic (exact) mass is 327 g/mol. The van der Waals surface area contributed by atoms with Crippen LogP contribution in [0.4, 0.5) is 30.7 Å². The second-order valence-electron chi connectivity index (χ2n) is 3.19. The lowest BCUT2D eigenvalue weighted by molar-refractivity contribution is -0.309. The first-order chi connectivity index (χ1) is 8.93. The van der Waals surface area contributed by atoms with E-state index in [2.05, 4.69) is 4.74 Å². The van der Waals surface area contributed by atoms with E-state index < -0.39 is 33.5 Å². The predicted octanol–water partition coefficient (Wildman–Crippen LogP) is 2.90. The van der Waals surface area contributed by atoms with Crippen molar-refractivity contribution >= 4 is 10.0 Å². The summed E-state index contributed by atoms with van der Waals surface area (Å²) in [6, 6.07) is -1.46. The lowest BCUT2D eigenvalue weighted by atomic mass is 10.6. The van der Waals surface area contributed by atoms with Gasteiger partial charge in [0.15, 0.2) is 0 Å². The van der Waals surface area contributed by atoms with Gasteiger partial charge in [0.2, 0.25) is 0 Å². The van der Waals surface area contributed by atoms with Gasteiger partial charge in [0.1, 0.15) is 0 Å². The van der Waals surface area contributed by atoms with Crippen molar-refractivity contribution in [2.45, 2.75) is 11.4 Å². The van der Waals surface area contributed by atoms with Crippen LogP contribution in [0, 0.1) is 0 Å². The molecule has 0 amide bonds. The van der Waals surface area contributed by atoms with Gasteiger partial charge >= 0.3 is 33.5 Å². The third kappa shape index (κ3) is 2.59. The van der Waals surface area contributed by atoms with E-state index in [-0.39, 0.29) is 3.97 Å². The van der Waals surface area contributed by atoms with E-state index in [1.807, 2.05) is 0 Å². The number of rotatable bonds is 5. The highest BCUT2D eigenvalue weighted by atomic mass is 32.2. The normalized spacial score (nSPS) is 13.2. The summed E-state index contributed by atoms with van der Waals surface area (Å²) >= 11 is 0. The highest BCUT2D eigenvalue weighted by Gasteiger charge is 2.70. The lowest BCUT2D eigenvalue weighted by Crippen LogP contribution is -2.50. The molecule has 0 radical (unpaired) electrons. The minimum atomic E-state index is -6.05. The molecule has 0 saturated carbocycles. The molecule has 4 nitrogen and oxygen atoms in total. The first-order valence-electron chi connectivity index (χ1n) is 4.47. The molecule has 0 aromatic carbocycles. The average Bonchev–Trinajstić information content (AvgIpc) is 2.81. The second-order valence-corrected chi connectivity index (χ2v) is 5.07. The van der Waals surface area contributed by atoms with Crippen LogP contribution in [0.2, 0.25) is 0 Å². The van der Waals surface area contributed by atoms with Gasteiger partial charge in [-0.25, -0.2) is 3.97 Å². The van der Waals surface area contributed by atoms with Gasteiger partial charge in [-0.1, -0.05) is 0 Å². The van der Waals surface area contributed by atoms with E-state index >= 15 is 0 Å². The SMILES string of the molecule is O=S(=O)(n1cccc1)C(F)(F)C(F)(F)OC(F)=C(F)F. The molecule has 114 valence electrons. The van der Waals surface area contributed by atoms with Crippen molar-refractivity contribution in [3.8, 4) is 0 Å². The van der Waals surface area contributed by atoms with E-state index in [0.717, 1.165) is 12.1 Å². The zero-order chi connectivity index (χ0) is 15.8. The van der Waals surface area contributed by atoms with Crippen LogP contribution in [0.15, 0.2) is 36.6 Å². The van der Waals surface area contributed by atoms with E-state index in [4.69, 9.17) is 0 Å². The highest BCUT2D eigenvalue weighted by Crippen LogP contribution is 2.42. The Bertz CT molecular complexity index is 604. The van der Waals surface area contributed by atoms with Crippen LogP contribution in [-0.2, 0) is 14.8 Å². The van der Waals surface area contributed by atoms with E-state index in [1.165, 1.54) is 0 Å². The van der Waals surface area contributed by atoms with E-state index in [1.54, 1.807) is 0 Å². The van der Waals surface area contributed by atoms with Crippen LogP contribution in [0.1, 0.15) is 0 Å². The summed E-state index contributed by atoms with van der Waals surface area (Å²) in [5.41, 5.74) is 0. The third-order valence-electron chi connectivity index (χ3n) is 1.88. The Labute approximate surface area is 107 Å². The minimum absolute atomic E-state index is 0.294. The number of hydrogen-bond acceptors (Lipinski definition) is 3. The quantitative estimate of drug-likeness (QED) is 0.617. The number of hydrogen-bond donors (Lipinski definition) is 0. The molecule has 0 unspecified atom stereocenters. The largest absolute Gasteiger partial charge is 0.484 e. The van der Waals surface area contributed by atoms with Crippen molar-refractivity contribution in [1.82, 2.24) is 3.97 Å². The van der Waals surface area contributed by atoms with Gasteiger partial charge in [0.05, 0.1) is 0 Å². The standard InChI is InChI=1S/C8H4F7NO3S/c9-5(10)6(11)19-7(12,13)8(14,15)20(17,18)16-3-1-2-4-16/h1-4H. The van der Waals surface area contributed by atoms with Crippen LogP contribution < -0.4 is 0 Å². The van der Waals surface area contributed by atoms with Gasteiger partial charge in [0.25, 0.3) is 0 Å². The molecule has 0 spiro atoms. The minimum Gasteiger partial charge on any atom is -0.397 e. The van der Waals surface area contributed by atoms with Gasteiger partial charge in [-0.15, -0.1) is 0 Å². The Hall–Kier alpha value is -1.72. The lowest BCUT2D eigenvalue weighted by Gasteiger charge is -2.25. The van der Waals surface area contributed by atoms with Crippen LogP contribution in [0.3, 0.4) is 0 Å². The molecule has 12 heteroatoms. The third-order valence-corrected chi connectivity index (χ3v) is 3.57. The van der Waals surface area contributed by atoms with Crippen LogP contribution in [0.25, 0.3) is 0 Å². The molecule has 0 N–H and O–H groups in total. The molecule has 1 aromatic heterocycles. The van der Waals surface area contributed by atoms with Crippen molar-refractivity contribution in [3.05, 3.63) is 36.6 Å². The zero-order valence-corrected chi connectivity index (χ0v) is 9.85. The number of nitrogens with zero attached hydrogens (tertiary/aromatic N) is 1. The molecule has 1 rings (SSSR count). The van der Waals surface area contributed by atoms with E-state index in [0.29, 0.717) is 12.4 Å². The number of alkyl halides is 4. The molecule has 1 aromatic rings. The van der Waals surface area contributed by atoms with Gasteiger partial charge in [-0.3, -0.25) is 0 Å². The Morgan fingerprint density at radius 2 is 1.45 bits per heavy atom. The Kier molecular flexibility index (Phi) is 4.08. The number of aromatic nitrogens is 1. The molecule has 0 bridgehead atoms. The maximum atomic E-state index is 13.2. The molecule has 20 heavy (non-hydrogen) atoms. The van der Waals surface area contributed by atoms with Crippen molar-refractivity contribution in [2.75, 3.05) is 0 Å². The van der Waals surface area contributed by atoms with Crippen molar-refractivity contribution < 1.29 is 43.9 Å². The fourth-order valence-corrected chi connectivity index (χ4v) is 2.04. The van der Waals surface area contributed by atoms with Gasteiger partial charge in [-0.2, -0.15) is 39.2 Å². The summed E-state index contributed by atoms with van der Waals surface area (Å²) in [7, 11) is -6.05. The molecule has 0 aliphatic rings. The van der Waals surface area contributed by atoms with E-state index in [9.17, 15) is 39.2 Å². The van der Waals surface area contributed by atoms with Gasteiger partial charge in [0, 0.05) is 12.4 Å². The maximum absolute atomic E-state index is 13.2. The zero-order valence-electron chi connectivity index (χ0n) is 9.04. The fraction of sp³-hybridized carbons (Fsp3) is 0.250. The topological polar surface area (TPSA) is 48.3 Å². The summed E-state index contributed by atoms with van der Waals surface area (Å²) in [6.45, 7) is 0. The smallest absolute Gasteiger partial charge is 0.397 e. The van der Waals surface area contributed by atoms with Crippen LogP contribution in [-0.4, -0.2) is 23.8 Å². The van der Waals surface area contributed by atoms with Crippen molar-refractivity contribution in [3.63, 3.8) is 0 Å². The summed E-state index contributed by atoms with van der Waals surface area (Å²) < 4.78 is 112. The summed E-state index contributed by atoms with van der Waals surface area (Å²) in [4.78, 5) is 0. The Balaban J connectivity index is 3.25. The summed E-state index contributed by atoms with van der Waals surface area (Å²) in [6.07, 6.45) is -8.52. The Morgan fingerprint density at radius 3 is 1.85 bits per heavy atom. The molecular formula is C8H4F7NO3S. The van der Waals surface area contributed by atoms with Gasteiger partial charge in [-0.05, 0) is 12.1 Å². The molecule has 0 aliphatic heterocycles. The van der Waals surface area contributed by atoms with Crippen LogP contribution in [0.5, 0.6) is 0 Å². The second kappa shape index (κ2) is 5.00. The van der Waals surface area contributed by atoms with Crippen LogP contribution >= 0.6 is 0 Å². The van der Waals surface area contributed by atoms with Gasteiger partial charge < -0.3 is 4.74 Å². The molecule has 0 atom stereocenters. The molecule has 0 aliphatic carbocycles. The number of halogens is 7. The predicted molar refractivity (Wildman–Crippen MR) is 50.1 cm³/mol. The summed E-state index contributed by atoms with van der Waals surface area (Å²) in [5.74, 6) is 0. The molecular weight excluding hydrogens is 323 g/mol. The van der Waals surface area contributed by atoms with Crippen molar-refractivity contribution in [1.29, 1.82) is 0 Å². The van der Waals surface area contributed by atoms with Crippen molar-refractivity contribution in [2.24, 2.45) is 0 Å². The number of ether oxygens (including phenoxy) is 1. The first-order valence-corrected chi connectivity index (χ1v) is 5.91. The average molecular weight is 327 g/mol.